The van der Waals surface area contributed by atoms with E-state index in [2.05, 4.69) is 5.32 Å². The van der Waals surface area contributed by atoms with Crippen LogP contribution in [0.15, 0.2) is 54.6 Å². The average Bonchev–Trinajstić information content (AvgIpc) is 3.05. The minimum atomic E-state index is -0.766. The minimum absolute atomic E-state index is 0.115. The number of imide groups is 1. The number of hydrogen-bond acceptors (Lipinski definition) is 5. The molecule has 1 heterocycles. The van der Waals surface area contributed by atoms with Gasteiger partial charge >= 0.3 is 5.97 Å². The molecule has 1 saturated heterocycles. The zero-order valence-corrected chi connectivity index (χ0v) is 18.2. The number of ether oxygens (including phenoxy) is 1. The summed E-state index contributed by atoms with van der Waals surface area (Å²) in [5.41, 5.74) is 0.716. The van der Waals surface area contributed by atoms with Gasteiger partial charge in [0.15, 0.2) is 6.61 Å². The first-order valence-electron chi connectivity index (χ1n) is 9.90. The summed E-state index contributed by atoms with van der Waals surface area (Å²) in [5, 5.41) is 3.20. The third-order valence-corrected chi connectivity index (χ3v) is 5.95. The Bertz CT molecular complexity index is 1120. The number of esters is 1. The molecule has 7 nitrogen and oxygen atoms in total. The van der Waals surface area contributed by atoms with Crippen LogP contribution in [-0.2, 0) is 19.1 Å². The first kappa shape index (κ1) is 22.0. The van der Waals surface area contributed by atoms with Crippen LogP contribution < -0.4 is 10.2 Å². The topological polar surface area (TPSA) is 92.8 Å². The number of carbonyl (C=O) groups is 4. The third kappa shape index (κ3) is 4.40. The molecule has 0 spiro atoms. The molecule has 32 heavy (non-hydrogen) atoms. The third-order valence-electron chi connectivity index (χ3n) is 5.38. The number of benzene rings is 2. The number of hydrogen-bond donors (Lipinski definition) is 1. The van der Waals surface area contributed by atoms with Gasteiger partial charge in [0, 0.05) is 5.02 Å². The predicted octanol–water partition coefficient (Wildman–Crippen LogP) is 4.24. The molecule has 2 aromatic carbocycles. The quantitative estimate of drug-likeness (QED) is 0.398. The highest BCUT2D eigenvalue weighted by Gasteiger charge is 2.47. The van der Waals surface area contributed by atoms with Gasteiger partial charge in [0.05, 0.1) is 33.8 Å². The van der Waals surface area contributed by atoms with Crippen LogP contribution in [-0.4, -0.2) is 30.3 Å². The molecule has 0 saturated carbocycles. The summed E-state index contributed by atoms with van der Waals surface area (Å²) in [6.45, 7) is -0.552. The smallest absolute Gasteiger partial charge is 0.338 e. The molecule has 9 heteroatoms. The monoisotopic (exact) mass is 472 g/mol. The Balaban J connectivity index is 1.41. The van der Waals surface area contributed by atoms with Gasteiger partial charge in [-0.1, -0.05) is 41.4 Å². The Kier molecular flexibility index (Phi) is 6.30. The van der Waals surface area contributed by atoms with Crippen LogP contribution in [0.25, 0.3) is 0 Å². The zero-order valence-electron chi connectivity index (χ0n) is 16.7. The van der Waals surface area contributed by atoms with E-state index < -0.39 is 18.5 Å². The lowest BCUT2D eigenvalue weighted by Crippen LogP contribution is -2.31. The summed E-state index contributed by atoms with van der Waals surface area (Å²) in [7, 11) is 0. The summed E-state index contributed by atoms with van der Waals surface area (Å²) in [5.74, 6) is -2.65. The number of allylic oxidation sites excluding steroid dienone is 2. The number of rotatable bonds is 5. The molecule has 0 bridgehead atoms. The van der Waals surface area contributed by atoms with Gasteiger partial charge in [-0.05, 0) is 49.2 Å². The summed E-state index contributed by atoms with van der Waals surface area (Å²) in [6, 6.07) is 10.6. The molecule has 4 rings (SSSR count). The number of anilines is 2. The fourth-order valence-corrected chi connectivity index (χ4v) is 4.16. The normalized spacial score (nSPS) is 19.6. The van der Waals surface area contributed by atoms with Crippen LogP contribution in [0.1, 0.15) is 23.2 Å². The Morgan fingerprint density at radius 2 is 1.69 bits per heavy atom. The molecule has 1 aliphatic heterocycles. The number of carbonyl (C=O) groups excluding carboxylic acids is 4. The van der Waals surface area contributed by atoms with Gasteiger partial charge < -0.3 is 10.1 Å². The van der Waals surface area contributed by atoms with Crippen molar-refractivity contribution >= 4 is 58.3 Å². The molecule has 0 aromatic heterocycles. The van der Waals surface area contributed by atoms with Crippen LogP contribution in [0.2, 0.25) is 10.0 Å². The maximum atomic E-state index is 12.8. The van der Waals surface area contributed by atoms with E-state index in [1.54, 1.807) is 18.2 Å². The van der Waals surface area contributed by atoms with Crippen molar-refractivity contribution in [1.82, 2.24) is 0 Å². The van der Waals surface area contributed by atoms with Crippen molar-refractivity contribution in [2.45, 2.75) is 12.8 Å². The molecule has 0 unspecified atom stereocenters. The Morgan fingerprint density at radius 1 is 1.00 bits per heavy atom. The molecule has 2 atom stereocenters. The number of halogens is 2. The van der Waals surface area contributed by atoms with Crippen molar-refractivity contribution in [3.05, 3.63) is 70.2 Å². The standard InChI is InChI=1S/C23H18Cl2N2O5/c24-14-8-9-18(25)19(11-14)26-20(28)12-32-23(31)13-4-3-5-15(10-13)27-21(29)16-6-1-2-7-17(16)22(27)30/h1-5,8-11,16-17H,6-7,12H2,(H,26,28)/t16-,17+. The maximum absolute atomic E-state index is 12.8. The van der Waals surface area contributed by atoms with E-state index in [-0.39, 0.29) is 34.2 Å². The average molecular weight is 473 g/mol. The van der Waals surface area contributed by atoms with Gasteiger partial charge in [-0.2, -0.15) is 0 Å². The van der Waals surface area contributed by atoms with Crippen molar-refractivity contribution in [2.24, 2.45) is 11.8 Å². The molecular formula is C23H18Cl2N2O5. The molecule has 164 valence electrons. The van der Waals surface area contributed by atoms with E-state index in [1.807, 2.05) is 12.2 Å². The SMILES string of the molecule is O=C(COC(=O)c1cccc(N2C(=O)[C@H]3CC=CC[C@H]3C2=O)c1)Nc1cc(Cl)ccc1Cl. The first-order chi connectivity index (χ1) is 15.3. The van der Waals surface area contributed by atoms with E-state index in [0.717, 1.165) is 4.90 Å². The summed E-state index contributed by atoms with van der Waals surface area (Å²) < 4.78 is 5.07. The summed E-state index contributed by atoms with van der Waals surface area (Å²) in [4.78, 5) is 51.2. The van der Waals surface area contributed by atoms with Crippen LogP contribution in [0, 0.1) is 11.8 Å². The number of nitrogens with one attached hydrogen (secondary N) is 1. The second-order valence-electron chi connectivity index (χ2n) is 7.47. The lowest BCUT2D eigenvalue weighted by atomic mass is 9.85. The lowest BCUT2D eigenvalue weighted by molar-refractivity contribution is -0.122. The largest absolute Gasteiger partial charge is 0.452 e. The number of fused-ring (bicyclic) bond motifs is 1. The Hall–Kier alpha value is -3.16. The maximum Gasteiger partial charge on any atom is 0.338 e. The van der Waals surface area contributed by atoms with E-state index in [4.69, 9.17) is 27.9 Å². The zero-order chi connectivity index (χ0) is 22.8. The van der Waals surface area contributed by atoms with Crippen LogP contribution in [0.5, 0.6) is 0 Å². The predicted molar refractivity (Wildman–Crippen MR) is 120 cm³/mol. The Labute approximate surface area is 193 Å². The van der Waals surface area contributed by atoms with E-state index >= 15 is 0 Å². The van der Waals surface area contributed by atoms with E-state index in [1.165, 1.54) is 24.3 Å². The molecule has 1 aliphatic carbocycles. The molecule has 1 fully saturated rings. The van der Waals surface area contributed by atoms with E-state index in [9.17, 15) is 19.2 Å². The van der Waals surface area contributed by atoms with Crippen LogP contribution >= 0.6 is 23.2 Å². The highest BCUT2D eigenvalue weighted by Crippen LogP contribution is 2.37. The molecular weight excluding hydrogens is 455 g/mol. The minimum Gasteiger partial charge on any atom is -0.452 e. The van der Waals surface area contributed by atoms with Gasteiger partial charge in [-0.3, -0.25) is 19.3 Å². The van der Waals surface area contributed by atoms with Crippen molar-refractivity contribution < 1.29 is 23.9 Å². The molecule has 2 aromatic rings. The molecule has 3 amide bonds. The Morgan fingerprint density at radius 3 is 2.38 bits per heavy atom. The number of nitrogens with zero attached hydrogens (tertiary/aromatic N) is 1. The summed E-state index contributed by atoms with van der Waals surface area (Å²) >= 11 is 11.9. The fraction of sp³-hybridized carbons (Fsp3) is 0.217. The summed E-state index contributed by atoms with van der Waals surface area (Å²) in [6.07, 6.45) is 4.87. The fourth-order valence-electron chi connectivity index (χ4n) is 3.82. The van der Waals surface area contributed by atoms with Gasteiger partial charge in [0.25, 0.3) is 5.91 Å². The molecule has 1 N–H and O–H groups in total. The first-order valence-corrected chi connectivity index (χ1v) is 10.7. The van der Waals surface area contributed by atoms with Gasteiger partial charge in [0.1, 0.15) is 0 Å². The molecule has 2 aliphatic rings. The van der Waals surface area contributed by atoms with Crippen molar-refractivity contribution in [3.63, 3.8) is 0 Å². The second-order valence-corrected chi connectivity index (χ2v) is 8.31. The highest BCUT2D eigenvalue weighted by atomic mass is 35.5. The second kappa shape index (κ2) is 9.14. The lowest BCUT2D eigenvalue weighted by Gasteiger charge is -2.15. The van der Waals surface area contributed by atoms with Crippen LogP contribution in [0.3, 0.4) is 0 Å². The van der Waals surface area contributed by atoms with Gasteiger partial charge in [-0.15, -0.1) is 0 Å². The number of amides is 3. The van der Waals surface area contributed by atoms with Crippen molar-refractivity contribution in [3.8, 4) is 0 Å². The van der Waals surface area contributed by atoms with Crippen LogP contribution in [0.4, 0.5) is 11.4 Å². The highest BCUT2D eigenvalue weighted by molar-refractivity contribution is 6.35. The van der Waals surface area contributed by atoms with Gasteiger partial charge in [-0.25, -0.2) is 4.79 Å². The van der Waals surface area contributed by atoms with Crippen molar-refractivity contribution in [2.75, 3.05) is 16.8 Å². The molecule has 0 radical (unpaired) electrons. The van der Waals surface area contributed by atoms with E-state index in [0.29, 0.717) is 29.2 Å². The van der Waals surface area contributed by atoms with Crippen molar-refractivity contribution in [1.29, 1.82) is 0 Å². The van der Waals surface area contributed by atoms with Gasteiger partial charge in [0.2, 0.25) is 11.8 Å².